The summed E-state index contributed by atoms with van der Waals surface area (Å²) in [6.45, 7) is 0.682. The molecule has 1 saturated heterocycles. The fraction of sp³-hybridized carbons (Fsp3) is 0.312. The molecule has 0 spiro atoms. The topological polar surface area (TPSA) is 75.4 Å². The minimum atomic E-state index is -0.849. The first-order valence-corrected chi connectivity index (χ1v) is 7.49. The van der Waals surface area contributed by atoms with Crippen LogP contribution in [0.2, 0.25) is 0 Å². The molecule has 1 N–H and O–H groups in total. The molecule has 1 aliphatic heterocycles. The normalized spacial score (nSPS) is 15.5. The predicted octanol–water partition coefficient (Wildman–Crippen LogP) is 2.09. The molecule has 0 unspecified atom stereocenters. The first kappa shape index (κ1) is 16.1. The molecule has 8 heteroatoms. The zero-order valence-corrected chi connectivity index (χ0v) is 12.7. The Kier molecular flexibility index (Phi) is 4.28. The number of rotatable bonds is 3. The van der Waals surface area contributed by atoms with Gasteiger partial charge in [0.2, 0.25) is 0 Å². The number of piperidine rings is 1. The summed E-state index contributed by atoms with van der Waals surface area (Å²) < 4.78 is 27.9. The highest BCUT2D eigenvalue weighted by atomic mass is 19.1. The summed E-state index contributed by atoms with van der Waals surface area (Å²) in [6.07, 6.45) is 2.22. The lowest BCUT2D eigenvalue weighted by molar-refractivity contribution is -0.143. The number of hydrogen-bond donors (Lipinski definition) is 1. The van der Waals surface area contributed by atoms with Crippen molar-refractivity contribution in [1.29, 1.82) is 0 Å². The van der Waals surface area contributed by atoms with Crippen molar-refractivity contribution in [2.45, 2.75) is 12.8 Å². The molecule has 6 nitrogen and oxygen atoms in total. The molecule has 0 atom stereocenters. The van der Waals surface area contributed by atoms with E-state index in [2.05, 4.69) is 5.10 Å². The van der Waals surface area contributed by atoms with E-state index in [9.17, 15) is 18.4 Å². The number of hydrogen-bond acceptors (Lipinski definition) is 3. The SMILES string of the molecule is O=C(O)C1CCN(C(=O)c2ccn(-c3ccc(F)cc3F)n2)CC1. The van der Waals surface area contributed by atoms with Crippen molar-refractivity contribution < 1.29 is 23.5 Å². The summed E-state index contributed by atoms with van der Waals surface area (Å²) in [6, 6.07) is 4.55. The Hall–Kier alpha value is -2.77. The van der Waals surface area contributed by atoms with E-state index in [1.807, 2.05) is 0 Å². The number of carbonyl (C=O) groups is 2. The quantitative estimate of drug-likeness (QED) is 0.932. The van der Waals surface area contributed by atoms with Crippen molar-refractivity contribution in [2.75, 3.05) is 13.1 Å². The molecule has 1 amide bonds. The van der Waals surface area contributed by atoms with Crippen molar-refractivity contribution in [2.24, 2.45) is 5.92 Å². The number of amides is 1. The van der Waals surface area contributed by atoms with Gasteiger partial charge in [0, 0.05) is 25.4 Å². The third-order valence-corrected chi connectivity index (χ3v) is 4.10. The van der Waals surface area contributed by atoms with Crippen LogP contribution in [0.25, 0.3) is 5.69 Å². The van der Waals surface area contributed by atoms with Gasteiger partial charge in [-0.25, -0.2) is 13.5 Å². The summed E-state index contributed by atoms with van der Waals surface area (Å²) >= 11 is 0. The van der Waals surface area contributed by atoms with Crippen LogP contribution < -0.4 is 0 Å². The lowest BCUT2D eigenvalue weighted by Gasteiger charge is -2.29. The number of aliphatic carboxylic acids is 1. The van der Waals surface area contributed by atoms with E-state index in [0.717, 1.165) is 12.1 Å². The lowest BCUT2D eigenvalue weighted by atomic mass is 9.97. The van der Waals surface area contributed by atoms with Crippen LogP contribution in [-0.4, -0.2) is 44.8 Å². The van der Waals surface area contributed by atoms with E-state index in [0.29, 0.717) is 25.9 Å². The molecular weight excluding hydrogens is 320 g/mol. The Morgan fingerprint density at radius 1 is 1.17 bits per heavy atom. The second-order valence-corrected chi connectivity index (χ2v) is 5.65. The van der Waals surface area contributed by atoms with Gasteiger partial charge >= 0.3 is 5.97 Å². The van der Waals surface area contributed by atoms with Gasteiger partial charge in [0.15, 0.2) is 11.5 Å². The minimum absolute atomic E-state index is 0.0417. The molecule has 3 rings (SSSR count). The van der Waals surface area contributed by atoms with Crippen LogP contribution in [0.3, 0.4) is 0 Å². The first-order valence-electron chi connectivity index (χ1n) is 7.49. The maximum absolute atomic E-state index is 13.8. The molecule has 0 aliphatic carbocycles. The summed E-state index contributed by atoms with van der Waals surface area (Å²) in [5.41, 5.74) is 0.174. The Balaban J connectivity index is 1.74. The van der Waals surface area contributed by atoms with Crippen molar-refractivity contribution >= 4 is 11.9 Å². The number of halogens is 2. The average molecular weight is 335 g/mol. The maximum Gasteiger partial charge on any atom is 0.306 e. The average Bonchev–Trinajstić information content (AvgIpc) is 3.04. The third-order valence-electron chi connectivity index (χ3n) is 4.10. The highest BCUT2D eigenvalue weighted by Crippen LogP contribution is 2.20. The van der Waals surface area contributed by atoms with Crippen LogP contribution in [0, 0.1) is 17.6 Å². The number of likely N-dealkylation sites (tertiary alicyclic amines) is 1. The molecular formula is C16H15F2N3O3. The highest BCUT2D eigenvalue weighted by Gasteiger charge is 2.28. The predicted molar refractivity (Wildman–Crippen MR) is 79.7 cm³/mol. The summed E-state index contributed by atoms with van der Waals surface area (Å²) in [5.74, 6) is -3.08. The van der Waals surface area contributed by atoms with Crippen LogP contribution in [0.15, 0.2) is 30.5 Å². The molecule has 2 aromatic rings. The van der Waals surface area contributed by atoms with Crippen LogP contribution in [0.1, 0.15) is 23.3 Å². The Morgan fingerprint density at radius 2 is 1.88 bits per heavy atom. The summed E-state index contributed by atoms with van der Waals surface area (Å²) in [5, 5.41) is 13.0. The van der Waals surface area contributed by atoms with Crippen LogP contribution >= 0.6 is 0 Å². The molecule has 0 radical (unpaired) electrons. The third kappa shape index (κ3) is 3.12. The molecule has 2 heterocycles. The maximum atomic E-state index is 13.8. The second-order valence-electron chi connectivity index (χ2n) is 5.65. The molecule has 1 fully saturated rings. The molecule has 0 bridgehead atoms. The highest BCUT2D eigenvalue weighted by molar-refractivity contribution is 5.92. The Labute approximate surface area is 136 Å². The summed E-state index contributed by atoms with van der Waals surface area (Å²) in [4.78, 5) is 24.9. The molecule has 126 valence electrons. The number of benzene rings is 1. The fourth-order valence-corrected chi connectivity index (χ4v) is 2.73. The number of carbonyl (C=O) groups excluding carboxylic acids is 1. The largest absolute Gasteiger partial charge is 0.481 e. The van der Waals surface area contributed by atoms with Gasteiger partial charge in [-0.15, -0.1) is 0 Å². The fourth-order valence-electron chi connectivity index (χ4n) is 2.73. The van der Waals surface area contributed by atoms with Crippen molar-refractivity contribution in [3.8, 4) is 5.69 Å². The van der Waals surface area contributed by atoms with E-state index in [1.165, 1.54) is 27.9 Å². The Bertz CT molecular complexity index is 783. The van der Waals surface area contributed by atoms with Gasteiger partial charge in [-0.3, -0.25) is 9.59 Å². The van der Waals surface area contributed by atoms with Gasteiger partial charge in [0.05, 0.1) is 5.92 Å². The zero-order valence-electron chi connectivity index (χ0n) is 12.7. The van der Waals surface area contributed by atoms with Gasteiger partial charge < -0.3 is 10.0 Å². The van der Waals surface area contributed by atoms with E-state index < -0.39 is 23.5 Å². The molecule has 0 saturated carbocycles. The van der Waals surface area contributed by atoms with Crippen molar-refractivity contribution in [3.05, 3.63) is 47.8 Å². The first-order chi connectivity index (χ1) is 11.5. The standard InChI is InChI=1S/C16H15F2N3O3/c17-11-1-2-14(12(18)9-11)21-8-5-13(19-21)15(22)20-6-3-10(4-7-20)16(23)24/h1-2,5,8-10H,3-4,6-7H2,(H,23,24). The molecule has 24 heavy (non-hydrogen) atoms. The van der Waals surface area contributed by atoms with Crippen LogP contribution in [-0.2, 0) is 4.79 Å². The zero-order chi connectivity index (χ0) is 17.3. The van der Waals surface area contributed by atoms with Crippen molar-refractivity contribution in [1.82, 2.24) is 14.7 Å². The monoisotopic (exact) mass is 335 g/mol. The smallest absolute Gasteiger partial charge is 0.306 e. The van der Waals surface area contributed by atoms with E-state index in [1.54, 1.807) is 0 Å². The van der Waals surface area contributed by atoms with Crippen LogP contribution in [0.5, 0.6) is 0 Å². The second kappa shape index (κ2) is 6.38. The van der Waals surface area contributed by atoms with Gasteiger partial charge in [-0.1, -0.05) is 0 Å². The summed E-state index contributed by atoms with van der Waals surface area (Å²) in [7, 11) is 0. The van der Waals surface area contributed by atoms with Crippen LogP contribution in [0.4, 0.5) is 8.78 Å². The van der Waals surface area contributed by atoms with Gasteiger partial charge in [0.25, 0.3) is 5.91 Å². The number of nitrogens with zero attached hydrogens (tertiary/aromatic N) is 3. The van der Waals surface area contributed by atoms with Gasteiger partial charge in [0.1, 0.15) is 11.5 Å². The number of carboxylic acids is 1. The van der Waals surface area contributed by atoms with E-state index in [-0.39, 0.29) is 17.3 Å². The number of aromatic nitrogens is 2. The molecule has 1 aromatic heterocycles. The van der Waals surface area contributed by atoms with E-state index in [4.69, 9.17) is 5.11 Å². The lowest BCUT2D eigenvalue weighted by Crippen LogP contribution is -2.40. The van der Waals surface area contributed by atoms with E-state index >= 15 is 0 Å². The number of carboxylic acid groups (broad SMARTS) is 1. The van der Waals surface area contributed by atoms with Gasteiger partial charge in [-0.05, 0) is 31.0 Å². The Morgan fingerprint density at radius 3 is 2.50 bits per heavy atom. The van der Waals surface area contributed by atoms with Crippen molar-refractivity contribution in [3.63, 3.8) is 0 Å². The minimum Gasteiger partial charge on any atom is -0.481 e. The molecule has 1 aromatic carbocycles. The van der Waals surface area contributed by atoms with Gasteiger partial charge in [-0.2, -0.15) is 5.10 Å². The molecule has 1 aliphatic rings.